The Balaban J connectivity index is 1.18. The van der Waals surface area contributed by atoms with E-state index in [0.29, 0.717) is 65.3 Å². The molecule has 18 nitrogen and oxygen atoms in total. The topological polar surface area (TPSA) is 190 Å². The van der Waals surface area contributed by atoms with Gasteiger partial charge in [-0.25, -0.2) is 42.5 Å². The number of aromatic nitrogens is 3. The predicted octanol–water partition coefficient (Wildman–Crippen LogP) is 1.45. The largest absolute Gasteiger partial charge is 0.448 e. The van der Waals surface area contributed by atoms with Crippen molar-refractivity contribution in [3.8, 4) is 0 Å². The maximum atomic E-state index is 13.4. The van der Waals surface area contributed by atoms with Gasteiger partial charge in [-0.1, -0.05) is 38.5 Å². The lowest BCUT2D eigenvalue weighted by molar-refractivity contribution is 0.141. The summed E-state index contributed by atoms with van der Waals surface area (Å²) < 4.78 is 19.0. The number of unbranched alkanes of at least 4 members (excludes halogenated alkanes) is 9. The van der Waals surface area contributed by atoms with Gasteiger partial charge in [-0.2, -0.15) is 0 Å². The van der Waals surface area contributed by atoms with Gasteiger partial charge in [0.1, 0.15) is 19.8 Å². The summed E-state index contributed by atoms with van der Waals surface area (Å²) in [5.74, 6) is 0. The summed E-state index contributed by atoms with van der Waals surface area (Å²) in [7, 11) is 0. The standard InChI is InChI=1S/C36H61N9O9/c46-31(52-28-25-40-19-20-40)37-13-7-1-4-10-16-43-34(49)44(17-11-5-2-8-14-38-32(47)53-29-26-41-21-22-41)36(51)45(35(43)50)18-12-6-3-9-15-39-33(48)54-30-27-42-23-24-42/h19-20H,1-18,21-30H2,(H,37,46)(H,38,47)(H,39,48). The van der Waals surface area contributed by atoms with Gasteiger partial charge in [-0.05, 0) is 38.5 Å². The van der Waals surface area contributed by atoms with Crippen molar-refractivity contribution in [3.05, 3.63) is 43.9 Å². The molecule has 0 atom stereocenters. The second kappa shape index (κ2) is 24.2. The average Bonchev–Trinajstić information content (AvgIpc) is 3.98. The van der Waals surface area contributed by atoms with Crippen LogP contribution in [0.4, 0.5) is 14.4 Å². The highest BCUT2D eigenvalue weighted by molar-refractivity contribution is 5.67. The number of rotatable bonds is 30. The SMILES string of the molecule is O=C(NCCCCCCn1c(=O)n(CCCCCCNC(=O)OCCN2CC2)c(=O)n(CCCCCCNC(=O)OCCN2CC2)c1=O)OCCN1C=C1. The average molecular weight is 764 g/mol. The number of nitrogens with zero attached hydrogens (tertiary/aromatic N) is 6. The lowest BCUT2D eigenvalue weighted by Crippen LogP contribution is -2.54. The highest BCUT2D eigenvalue weighted by Crippen LogP contribution is 2.06. The zero-order chi connectivity index (χ0) is 38.4. The third kappa shape index (κ3) is 17.7. The van der Waals surface area contributed by atoms with Crippen LogP contribution in [0.25, 0.3) is 0 Å². The van der Waals surface area contributed by atoms with Crippen LogP contribution in [0.5, 0.6) is 0 Å². The molecule has 1 aromatic heterocycles. The zero-order valence-electron chi connectivity index (χ0n) is 31.8. The van der Waals surface area contributed by atoms with Crippen LogP contribution in [0.3, 0.4) is 0 Å². The molecule has 2 fully saturated rings. The molecular weight excluding hydrogens is 702 g/mol. The fourth-order valence-corrected chi connectivity index (χ4v) is 5.79. The molecule has 0 spiro atoms. The molecule has 0 unspecified atom stereocenters. The number of ether oxygens (including phenoxy) is 3. The van der Waals surface area contributed by atoms with E-state index in [4.69, 9.17) is 14.2 Å². The number of carbonyl (C=O) groups is 3. The van der Waals surface area contributed by atoms with E-state index in [0.717, 1.165) is 97.1 Å². The van der Waals surface area contributed by atoms with Crippen molar-refractivity contribution in [3.63, 3.8) is 0 Å². The van der Waals surface area contributed by atoms with E-state index in [-0.39, 0.29) is 19.6 Å². The zero-order valence-corrected chi connectivity index (χ0v) is 31.8. The molecule has 1 aromatic rings. The molecule has 3 aliphatic heterocycles. The first-order valence-corrected chi connectivity index (χ1v) is 19.9. The summed E-state index contributed by atoms with van der Waals surface area (Å²) in [4.78, 5) is 82.1. The van der Waals surface area contributed by atoms with Crippen molar-refractivity contribution in [2.45, 2.75) is 96.7 Å². The molecule has 0 saturated carbocycles. The minimum Gasteiger partial charge on any atom is -0.448 e. The first-order chi connectivity index (χ1) is 26.3. The minimum absolute atomic E-state index is 0.192. The molecule has 304 valence electrons. The maximum Gasteiger partial charge on any atom is 0.407 e. The second-order valence-corrected chi connectivity index (χ2v) is 14.0. The van der Waals surface area contributed by atoms with Gasteiger partial charge in [-0.15, -0.1) is 0 Å². The van der Waals surface area contributed by atoms with E-state index in [1.165, 1.54) is 13.7 Å². The monoisotopic (exact) mass is 763 g/mol. The van der Waals surface area contributed by atoms with Crippen LogP contribution in [0.1, 0.15) is 77.0 Å². The summed E-state index contributed by atoms with van der Waals surface area (Å²) in [6, 6.07) is 0. The molecule has 0 radical (unpaired) electrons. The molecule has 0 bridgehead atoms. The second-order valence-electron chi connectivity index (χ2n) is 14.0. The van der Waals surface area contributed by atoms with Gasteiger partial charge >= 0.3 is 35.3 Å². The minimum atomic E-state index is -0.595. The van der Waals surface area contributed by atoms with Gasteiger partial charge in [0, 0.05) is 90.9 Å². The van der Waals surface area contributed by atoms with Crippen molar-refractivity contribution in [1.29, 1.82) is 0 Å². The Bertz CT molecular complexity index is 1320. The van der Waals surface area contributed by atoms with Crippen LogP contribution in [-0.2, 0) is 33.8 Å². The summed E-state index contributed by atoms with van der Waals surface area (Å²) in [5.41, 5.74) is -1.78. The fraction of sp³-hybridized carbons (Fsp3) is 0.778. The van der Waals surface area contributed by atoms with E-state index < -0.39 is 35.3 Å². The molecule has 4 rings (SSSR count). The van der Waals surface area contributed by atoms with Gasteiger partial charge < -0.3 is 35.1 Å². The first kappa shape index (κ1) is 42.4. The predicted molar refractivity (Wildman–Crippen MR) is 201 cm³/mol. The summed E-state index contributed by atoms with van der Waals surface area (Å²) in [5, 5.41) is 8.24. The van der Waals surface area contributed by atoms with Gasteiger partial charge in [0.05, 0.1) is 6.54 Å². The number of carbonyl (C=O) groups excluding carboxylic acids is 3. The number of amides is 3. The van der Waals surface area contributed by atoms with Crippen molar-refractivity contribution >= 4 is 18.3 Å². The third-order valence-corrected chi connectivity index (χ3v) is 9.42. The quantitative estimate of drug-likeness (QED) is 0.0582. The van der Waals surface area contributed by atoms with E-state index in [1.54, 1.807) is 0 Å². The van der Waals surface area contributed by atoms with Crippen molar-refractivity contribution in [2.75, 3.05) is 85.3 Å². The number of alkyl carbamates (subject to hydrolysis) is 3. The lowest BCUT2D eigenvalue weighted by Gasteiger charge is -2.14. The highest BCUT2D eigenvalue weighted by atomic mass is 16.6. The Morgan fingerprint density at radius 2 is 0.759 bits per heavy atom. The molecular formula is C36H61N9O9. The summed E-state index contributed by atoms with van der Waals surface area (Å²) in [6.07, 6.45) is 11.0. The lowest BCUT2D eigenvalue weighted by atomic mass is 10.2. The molecule has 4 heterocycles. The Labute approximate surface area is 316 Å². The van der Waals surface area contributed by atoms with Crippen LogP contribution >= 0.6 is 0 Å². The number of hydrogen-bond donors (Lipinski definition) is 3. The Morgan fingerprint density at radius 1 is 0.444 bits per heavy atom. The third-order valence-electron chi connectivity index (χ3n) is 9.42. The van der Waals surface area contributed by atoms with Crippen molar-refractivity contribution < 1.29 is 28.6 Å². The van der Waals surface area contributed by atoms with E-state index in [1.807, 2.05) is 17.3 Å². The van der Waals surface area contributed by atoms with Gasteiger partial charge in [0.2, 0.25) is 0 Å². The fourth-order valence-electron chi connectivity index (χ4n) is 5.79. The van der Waals surface area contributed by atoms with Crippen LogP contribution in [0.2, 0.25) is 0 Å². The maximum absolute atomic E-state index is 13.4. The van der Waals surface area contributed by atoms with Gasteiger partial charge in [-0.3, -0.25) is 9.80 Å². The van der Waals surface area contributed by atoms with Gasteiger partial charge in [0.15, 0.2) is 0 Å². The van der Waals surface area contributed by atoms with Crippen LogP contribution in [0, 0.1) is 0 Å². The van der Waals surface area contributed by atoms with Gasteiger partial charge in [0.25, 0.3) is 0 Å². The molecule has 18 heteroatoms. The normalized spacial score (nSPS) is 14.5. The summed E-state index contributed by atoms with van der Waals surface area (Å²) >= 11 is 0. The molecule has 2 saturated heterocycles. The van der Waals surface area contributed by atoms with Crippen LogP contribution < -0.4 is 33.0 Å². The number of nitrogens with one attached hydrogen (secondary N) is 3. The Morgan fingerprint density at radius 3 is 1.07 bits per heavy atom. The van der Waals surface area contributed by atoms with E-state index >= 15 is 0 Å². The highest BCUT2D eigenvalue weighted by Gasteiger charge is 2.18. The van der Waals surface area contributed by atoms with Crippen LogP contribution in [-0.4, -0.2) is 132 Å². The molecule has 3 N–H and O–H groups in total. The van der Waals surface area contributed by atoms with Crippen molar-refractivity contribution in [2.24, 2.45) is 0 Å². The first-order valence-electron chi connectivity index (χ1n) is 19.9. The molecule has 3 aliphatic rings. The summed E-state index contributed by atoms with van der Waals surface area (Å²) in [6.45, 7) is 9.48. The Kier molecular flexibility index (Phi) is 19.0. The van der Waals surface area contributed by atoms with Crippen molar-refractivity contribution in [1.82, 2.24) is 44.4 Å². The molecule has 0 aliphatic carbocycles. The molecule has 3 amide bonds. The van der Waals surface area contributed by atoms with E-state index in [9.17, 15) is 28.8 Å². The number of hydrogen-bond acceptors (Lipinski definition) is 12. The van der Waals surface area contributed by atoms with E-state index in [2.05, 4.69) is 25.8 Å². The molecule has 54 heavy (non-hydrogen) atoms. The van der Waals surface area contributed by atoms with Crippen LogP contribution in [0.15, 0.2) is 26.8 Å². The molecule has 0 aromatic carbocycles. The smallest absolute Gasteiger partial charge is 0.407 e. The Hall–Kier alpha value is -4.32.